The molecule has 0 bridgehead atoms. The number of anilines is 2. The maximum atomic E-state index is 12.2. The quantitative estimate of drug-likeness (QED) is 0.373. The number of nitro benzene ring substituents is 1. The number of piperidine rings is 1. The number of benzene rings is 2. The van der Waals surface area contributed by atoms with Crippen LogP contribution >= 0.6 is 0 Å². The molecule has 1 aliphatic rings. The molecular weight excluding hydrogens is 414 g/mol. The van der Waals surface area contributed by atoms with Gasteiger partial charge in [-0.1, -0.05) is 11.6 Å². The molecule has 0 saturated carbocycles. The summed E-state index contributed by atoms with van der Waals surface area (Å²) in [6, 6.07) is 11.2. The molecule has 1 aliphatic heterocycles. The molecule has 0 radical (unpaired) electrons. The molecule has 10 heteroatoms. The van der Waals surface area contributed by atoms with E-state index in [1.807, 2.05) is 13.0 Å². The van der Waals surface area contributed by atoms with Crippen LogP contribution in [-0.4, -0.2) is 37.1 Å². The van der Waals surface area contributed by atoms with Crippen molar-refractivity contribution < 1.29 is 19.2 Å². The van der Waals surface area contributed by atoms with Gasteiger partial charge in [-0.3, -0.25) is 20.3 Å². The fraction of sp³-hybridized carbons (Fsp3) is 0.273. The van der Waals surface area contributed by atoms with Crippen LogP contribution in [0.3, 0.4) is 0 Å². The molecule has 3 rings (SSSR count). The van der Waals surface area contributed by atoms with E-state index < -0.39 is 16.9 Å². The average molecular weight is 439 g/mol. The van der Waals surface area contributed by atoms with Crippen LogP contribution in [0.25, 0.3) is 0 Å². The van der Waals surface area contributed by atoms with E-state index in [0.717, 1.165) is 16.8 Å². The van der Waals surface area contributed by atoms with E-state index in [1.165, 1.54) is 25.3 Å². The number of hydrogen-bond acceptors (Lipinski definition) is 6. The summed E-state index contributed by atoms with van der Waals surface area (Å²) in [6.07, 6.45) is 2.84. The zero-order chi connectivity index (χ0) is 23.1. The summed E-state index contributed by atoms with van der Waals surface area (Å²) in [7, 11) is 1.51. The maximum Gasteiger partial charge on any atom is 0.338 e. The number of nitrogens with zero attached hydrogens (tertiary/aromatic N) is 2. The van der Waals surface area contributed by atoms with Gasteiger partial charge in [0, 0.05) is 37.0 Å². The first-order valence-corrected chi connectivity index (χ1v) is 10.1. The summed E-state index contributed by atoms with van der Waals surface area (Å²) in [4.78, 5) is 36.7. The number of hydrazine groups is 1. The van der Waals surface area contributed by atoms with Gasteiger partial charge in [-0.15, -0.1) is 0 Å². The summed E-state index contributed by atoms with van der Waals surface area (Å²) in [5, 5.41) is 13.4. The number of amides is 3. The van der Waals surface area contributed by atoms with E-state index in [1.54, 1.807) is 24.3 Å². The second-order valence-corrected chi connectivity index (χ2v) is 7.34. The van der Waals surface area contributed by atoms with Gasteiger partial charge in [0.2, 0.25) is 0 Å². The van der Waals surface area contributed by atoms with Crippen LogP contribution in [0, 0.1) is 17.0 Å². The summed E-state index contributed by atoms with van der Waals surface area (Å²) >= 11 is 0. The highest BCUT2D eigenvalue weighted by Gasteiger charge is 2.16. The highest BCUT2D eigenvalue weighted by Crippen LogP contribution is 2.26. The number of hydrogen-bond donors (Lipinski definition) is 3. The normalized spacial score (nSPS) is 13.2. The van der Waals surface area contributed by atoms with Crippen molar-refractivity contribution in [3.05, 3.63) is 69.8 Å². The summed E-state index contributed by atoms with van der Waals surface area (Å²) in [5.74, 6) is 0.0918. The number of carbonyl (C=O) groups is 2. The number of nitrogens with one attached hydrogen (secondary N) is 3. The first-order chi connectivity index (χ1) is 15.4. The van der Waals surface area contributed by atoms with Gasteiger partial charge in [0.05, 0.1) is 17.7 Å². The molecule has 1 fully saturated rings. The Hall–Kier alpha value is -4.08. The molecule has 0 aliphatic carbocycles. The Morgan fingerprint density at radius 1 is 1.09 bits per heavy atom. The van der Waals surface area contributed by atoms with Crippen molar-refractivity contribution in [2.75, 3.05) is 30.4 Å². The third-order valence-corrected chi connectivity index (χ3v) is 5.07. The third-order valence-electron chi connectivity index (χ3n) is 5.07. The first-order valence-electron chi connectivity index (χ1n) is 10.1. The van der Waals surface area contributed by atoms with Crippen LogP contribution < -0.4 is 25.8 Å². The largest absolute Gasteiger partial charge is 0.495 e. The number of ether oxygens (including phenoxy) is 1. The molecule has 3 N–H and O–H groups in total. The molecule has 0 aromatic heterocycles. The molecule has 0 unspecified atom stereocenters. The highest BCUT2D eigenvalue weighted by molar-refractivity contribution is 5.94. The Labute approximate surface area is 185 Å². The molecule has 1 heterocycles. The van der Waals surface area contributed by atoms with Crippen molar-refractivity contribution in [1.29, 1.82) is 0 Å². The molecule has 32 heavy (non-hydrogen) atoms. The number of nitro groups is 1. The summed E-state index contributed by atoms with van der Waals surface area (Å²) < 4.78 is 5.21. The summed E-state index contributed by atoms with van der Waals surface area (Å²) in [6.45, 7) is 3.28. The van der Waals surface area contributed by atoms with Gasteiger partial charge in [-0.2, -0.15) is 0 Å². The minimum absolute atomic E-state index is 0.0559. The van der Waals surface area contributed by atoms with Crippen molar-refractivity contribution in [2.45, 2.75) is 19.8 Å². The molecule has 0 atom stereocenters. The number of urea groups is 1. The van der Waals surface area contributed by atoms with Crippen LogP contribution in [0.2, 0.25) is 0 Å². The minimum Gasteiger partial charge on any atom is -0.495 e. The van der Waals surface area contributed by atoms with Crippen molar-refractivity contribution in [2.24, 2.45) is 0 Å². The highest BCUT2D eigenvalue weighted by atomic mass is 16.6. The fourth-order valence-electron chi connectivity index (χ4n) is 3.39. The Bertz CT molecular complexity index is 1030. The number of carbonyl (C=O) groups excluding carboxylic acids is 2. The Kier molecular flexibility index (Phi) is 7.27. The molecule has 168 valence electrons. The summed E-state index contributed by atoms with van der Waals surface area (Å²) in [5.41, 5.74) is 8.07. The zero-order valence-corrected chi connectivity index (χ0v) is 17.9. The second-order valence-electron chi connectivity index (χ2n) is 7.34. The van der Waals surface area contributed by atoms with Gasteiger partial charge >= 0.3 is 6.03 Å². The van der Waals surface area contributed by atoms with Crippen LogP contribution in [-0.2, 0) is 4.79 Å². The lowest BCUT2D eigenvalue weighted by molar-refractivity contribution is -0.384. The average Bonchev–Trinajstić information content (AvgIpc) is 2.78. The van der Waals surface area contributed by atoms with E-state index in [2.05, 4.69) is 21.1 Å². The number of aryl methyl sites for hydroxylation is 1. The van der Waals surface area contributed by atoms with Crippen molar-refractivity contribution >= 4 is 29.0 Å². The first kappa shape index (κ1) is 22.6. The van der Waals surface area contributed by atoms with Crippen molar-refractivity contribution in [1.82, 2.24) is 10.9 Å². The molecule has 3 amide bonds. The van der Waals surface area contributed by atoms with Gasteiger partial charge in [0.1, 0.15) is 5.75 Å². The standard InChI is InChI=1S/C22H25N5O5/c1-15-3-8-20(32-2)19(13-15)23-22(29)25-24-21(28)14-16-9-11-26(12-10-16)17-4-6-18(7-5-17)27(30)31/h3-8,13-14H,9-12H2,1-2H3,(H,24,28)(H2,23,25,29). The molecule has 10 nitrogen and oxygen atoms in total. The Morgan fingerprint density at radius 3 is 2.41 bits per heavy atom. The lowest BCUT2D eigenvalue weighted by Crippen LogP contribution is -2.43. The molecular formula is C22H25N5O5. The number of rotatable bonds is 5. The van der Waals surface area contributed by atoms with Crippen molar-refractivity contribution in [3.8, 4) is 5.75 Å². The molecule has 1 saturated heterocycles. The lowest BCUT2D eigenvalue weighted by atomic mass is 10.0. The number of non-ortho nitro benzene ring substituents is 1. The number of methoxy groups -OCH3 is 1. The Morgan fingerprint density at radius 2 is 1.78 bits per heavy atom. The van der Waals surface area contributed by atoms with Crippen LogP contribution in [0.1, 0.15) is 18.4 Å². The predicted octanol–water partition coefficient (Wildman–Crippen LogP) is 3.29. The van der Waals surface area contributed by atoms with E-state index in [0.29, 0.717) is 37.4 Å². The second kappa shape index (κ2) is 10.3. The van der Waals surface area contributed by atoms with E-state index in [-0.39, 0.29) is 5.69 Å². The molecule has 0 spiro atoms. The van der Waals surface area contributed by atoms with Gasteiger partial charge in [-0.25, -0.2) is 10.2 Å². The fourth-order valence-corrected chi connectivity index (χ4v) is 3.39. The molecule has 2 aromatic carbocycles. The maximum absolute atomic E-state index is 12.2. The van der Waals surface area contributed by atoms with Gasteiger partial charge in [0.25, 0.3) is 11.6 Å². The van der Waals surface area contributed by atoms with E-state index in [4.69, 9.17) is 4.74 Å². The van der Waals surface area contributed by atoms with Crippen molar-refractivity contribution in [3.63, 3.8) is 0 Å². The van der Waals surface area contributed by atoms with Gasteiger partial charge in [-0.05, 0) is 49.6 Å². The predicted molar refractivity (Wildman–Crippen MR) is 121 cm³/mol. The Balaban J connectivity index is 1.47. The van der Waals surface area contributed by atoms with E-state index >= 15 is 0 Å². The zero-order valence-electron chi connectivity index (χ0n) is 17.9. The third kappa shape index (κ3) is 5.97. The van der Waals surface area contributed by atoms with Crippen LogP contribution in [0.4, 0.5) is 21.9 Å². The smallest absolute Gasteiger partial charge is 0.338 e. The van der Waals surface area contributed by atoms with Gasteiger partial charge < -0.3 is 15.0 Å². The van der Waals surface area contributed by atoms with Gasteiger partial charge in [0.15, 0.2) is 0 Å². The molecule has 2 aromatic rings. The minimum atomic E-state index is -0.589. The monoisotopic (exact) mass is 439 g/mol. The van der Waals surface area contributed by atoms with E-state index in [9.17, 15) is 19.7 Å². The van der Waals surface area contributed by atoms with Crippen LogP contribution in [0.15, 0.2) is 54.1 Å². The SMILES string of the molecule is COc1ccc(C)cc1NC(=O)NNC(=O)C=C1CCN(c2ccc([N+](=O)[O-])cc2)CC1. The lowest BCUT2D eigenvalue weighted by Gasteiger charge is -2.30. The topological polar surface area (TPSA) is 126 Å². The van der Waals surface area contributed by atoms with Crippen LogP contribution in [0.5, 0.6) is 5.75 Å².